The van der Waals surface area contributed by atoms with Crippen molar-refractivity contribution in [2.45, 2.75) is 6.10 Å². The maximum atomic E-state index is 12.4. The highest BCUT2D eigenvalue weighted by Gasteiger charge is 2.18. The summed E-state index contributed by atoms with van der Waals surface area (Å²) in [4.78, 5) is 14.6. The van der Waals surface area contributed by atoms with Gasteiger partial charge in [-0.2, -0.15) is 0 Å². The number of ether oxygens (including phenoxy) is 3. The lowest BCUT2D eigenvalue weighted by molar-refractivity contribution is -0.0175. The second-order valence-electron chi connectivity index (χ2n) is 6.61. The monoisotopic (exact) mass is 370 g/mol. The summed E-state index contributed by atoms with van der Waals surface area (Å²) in [6.07, 6.45) is 0.0375. The number of amides is 1. The largest absolute Gasteiger partial charge is 0.497 e. The van der Waals surface area contributed by atoms with E-state index in [0.29, 0.717) is 18.7 Å². The van der Waals surface area contributed by atoms with Gasteiger partial charge in [-0.25, -0.2) is 0 Å². The Hall–Kier alpha value is -2.57. The minimum atomic E-state index is -0.0972. The van der Waals surface area contributed by atoms with E-state index in [-0.39, 0.29) is 12.0 Å². The van der Waals surface area contributed by atoms with Gasteiger partial charge in [-0.05, 0) is 36.9 Å². The van der Waals surface area contributed by atoms with Crippen LogP contribution < -0.4 is 14.8 Å². The maximum absolute atomic E-state index is 12.4. The van der Waals surface area contributed by atoms with Gasteiger partial charge < -0.3 is 24.4 Å². The second-order valence-corrected chi connectivity index (χ2v) is 6.61. The first kappa shape index (κ1) is 19.2. The fourth-order valence-electron chi connectivity index (χ4n) is 3.14. The molecule has 1 fully saturated rings. The van der Waals surface area contributed by atoms with Gasteiger partial charge in [0.05, 0.1) is 26.9 Å². The molecule has 1 N–H and O–H groups in total. The molecule has 0 spiro atoms. The molecule has 1 atom stereocenters. The molecule has 2 aromatic rings. The van der Waals surface area contributed by atoms with Gasteiger partial charge in [-0.15, -0.1) is 0 Å². The summed E-state index contributed by atoms with van der Waals surface area (Å²) in [5, 5.41) is 2.95. The average molecular weight is 370 g/mol. The van der Waals surface area contributed by atoms with Crippen LogP contribution in [0.15, 0.2) is 42.5 Å². The Bertz CT molecular complexity index is 776. The van der Waals surface area contributed by atoms with Gasteiger partial charge in [0.25, 0.3) is 5.91 Å². The lowest BCUT2D eigenvalue weighted by atomic mass is 10.0. The molecule has 0 radical (unpaired) electrons. The Balaban J connectivity index is 1.65. The molecule has 1 saturated heterocycles. The van der Waals surface area contributed by atoms with E-state index in [9.17, 15) is 4.79 Å². The zero-order valence-corrected chi connectivity index (χ0v) is 16.0. The van der Waals surface area contributed by atoms with Crippen LogP contribution in [0.3, 0.4) is 0 Å². The average Bonchev–Trinajstić information content (AvgIpc) is 2.71. The highest BCUT2D eigenvalue weighted by Crippen LogP contribution is 2.33. The van der Waals surface area contributed by atoms with Crippen LogP contribution >= 0.6 is 0 Å². The summed E-state index contributed by atoms with van der Waals surface area (Å²) in [5.41, 5.74) is 2.54. The van der Waals surface area contributed by atoms with Gasteiger partial charge in [0.15, 0.2) is 0 Å². The second kappa shape index (κ2) is 8.88. The number of methoxy groups -OCH3 is 2. The predicted octanol–water partition coefficient (Wildman–Crippen LogP) is 2.43. The molecule has 1 unspecified atom stereocenters. The van der Waals surface area contributed by atoms with Crippen molar-refractivity contribution in [3.05, 3.63) is 48.0 Å². The van der Waals surface area contributed by atoms with Crippen molar-refractivity contribution >= 4 is 5.91 Å². The molecule has 0 saturated carbocycles. The van der Waals surface area contributed by atoms with E-state index in [0.717, 1.165) is 35.7 Å². The van der Waals surface area contributed by atoms with Gasteiger partial charge in [0.2, 0.25) is 0 Å². The first-order valence-corrected chi connectivity index (χ1v) is 9.01. The van der Waals surface area contributed by atoms with Crippen molar-refractivity contribution in [1.82, 2.24) is 10.2 Å². The van der Waals surface area contributed by atoms with Gasteiger partial charge in [0.1, 0.15) is 11.5 Å². The van der Waals surface area contributed by atoms with E-state index in [1.54, 1.807) is 14.2 Å². The first-order valence-electron chi connectivity index (χ1n) is 9.01. The smallest absolute Gasteiger partial charge is 0.251 e. The molecule has 2 aromatic carbocycles. The summed E-state index contributed by atoms with van der Waals surface area (Å²) in [6.45, 7) is 2.98. The number of carbonyl (C=O) groups excluding carboxylic acids is 1. The van der Waals surface area contributed by atoms with Crippen molar-refractivity contribution in [1.29, 1.82) is 0 Å². The van der Waals surface area contributed by atoms with Crippen molar-refractivity contribution in [3.8, 4) is 22.6 Å². The molecule has 0 aliphatic carbocycles. The van der Waals surface area contributed by atoms with Crippen LogP contribution in [0.2, 0.25) is 0 Å². The van der Waals surface area contributed by atoms with Crippen molar-refractivity contribution < 1.29 is 19.0 Å². The van der Waals surface area contributed by atoms with Crippen LogP contribution in [0.4, 0.5) is 0 Å². The van der Waals surface area contributed by atoms with E-state index in [1.165, 1.54) is 0 Å². The van der Waals surface area contributed by atoms with E-state index >= 15 is 0 Å². The highest BCUT2D eigenvalue weighted by atomic mass is 16.5. The summed E-state index contributed by atoms with van der Waals surface area (Å²) in [7, 11) is 5.31. The molecule has 27 heavy (non-hydrogen) atoms. The number of carbonyl (C=O) groups is 1. The molecule has 6 heteroatoms. The Morgan fingerprint density at radius 1 is 1.19 bits per heavy atom. The fourth-order valence-corrected chi connectivity index (χ4v) is 3.14. The Morgan fingerprint density at radius 3 is 2.63 bits per heavy atom. The van der Waals surface area contributed by atoms with Crippen LogP contribution in [-0.2, 0) is 4.74 Å². The standard InChI is InChI=1S/C21H26N2O4/c1-23-10-11-27-18(14-23)13-22-21(24)16-6-4-15(5-7-16)19-9-8-17(25-2)12-20(19)26-3/h4-9,12,18H,10-11,13-14H2,1-3H3,(H,22,24). The van der Waals surface area contributed by atoms with E-state index in [4.69, 9.17) is 14.2 Å². The van der Waals surface area contributed by atoms with E-state index in [2.05, 4.69) is 17.3 Å². The lowest BCUT2D eigenvalue weighted by Crippen LogP contribution is -2.45. The zero-order chi connectivity index (χ0) is 19.2. The summed E-state index contributed by atoms with van der Waals surface area (Å²) in [6, 6.07) is 13.2. The Morgan fingerprint density at radius 2 is 1.96 bits per heavy atom. The first-order chi connectivity index (χ1) is 13.1. The van der Waals surface area contributed by atoms with Crippen LogP contribution in [-0.4, -0.2) is 64.4 Å². The number of rotatable bonds is 6. The predicted molar refractivity (Wildman–Crippen MR) is 105 cm³/mol. The quantitative estimate of drug-likeness (QED) is 0.846. The fraction of sp³-hybridized carbons (Fsp3) is 0.381. The Kier molecular flexibility index (Phi) is 6.32. The van der Waals surface area contributed by atoms with Crippen LogP contribution in [0.5, 0.6) is 11.5 Å². The van der Waals surface area contributed by atoms with Crippen molar-refractivity contribution in [3.63, 3.8) is 0 Å². The maximum Gasteiger partial charge on any atom is 0.251 e. The number of nitrogens with zero attached hydrogens (tertiary/aromatic N) is 1. The minimum Gasteiger partial charge on any atom is -0.497 e. The van der Waals surface area contributed by atoms with Crippen molar-refractivity contribution in [2.24, 2.45) is 0 Å². The summed E-state index contributed by atoms with van der Waals surface area (Å²) >= 11 is 0. The molecule has 0 bridgehead atoms. The third-order valence-corrected chi connectivity index (χ3v) is 4.70. The SMILES string of the molecule is COc1ccc(-c2ccc(C(=O)NCC3CN(C)CCO3)cc2)c(OC)c1. The Labute approximate surface area is 160 Å². The number of hydrogen-bond acceptors (Lipinski definition) is 5. The number of nitrogens with one attached hydrogen (secondary N) is 1. The van der Waals surface area contributed by atoms with E-state index < -0.39 is 0 Å². The van der Waals surface area contributed by atoms with Gasteiger partial charge in [-0.1, -0.05) is 12.1 Å². The molecule has 1 aliphatic heterocycles. The molecule has 1 amide bonds. The summed E-state index contributed by atoms with van der Waals surface area (Å²) < 4.78 is 16.4. The van der Waals surface area contributed by atoms with E-state index in [1.807, 2.05) is 42.5 Å². The number of likely N-dealkylation sites (N-methyl/N-ethyl adjacent to an activating group) is 1. The van der Waals surface area contributed by atoms with Crippen LogP contribution in [0.25, 0.3) is 11.1 Å². The zero-order valence-electron chi connectivity index (χ0n) is 16.0. The third-order valence-electron chi connectivity index (χ3n) is 4.70. The van der Waals surface area contributed by atoms with Gasteiger partial charge in [-0.3, -0.25) is 4.79 Å². The summed E-state index contributed by atoms with van der Waals surface area (Å²) in [5.74, 6) is 1.37. The number of benzene rings is 2. The van der Waals surface area contributed by atoms with Gasteiger partial charge >= 0.3 is 0 Å². The van der Waals surface area contributed by atoms with Crippen LogP contribution in [0.1, 0.15) is 10.4 Å². The van der Waals surface area contributed by atoms with Crippen LogP contribution in [0, 0.1) is 0 Å². The highest BCUT2D eigenvalue weighted by molar-refractivity contribution is 5.94. The minimum absolute atomic E-state index is 0.0375. The topological polar surface area (TPSA) is 60.0 Å². The lowest BCUT2D eigenvalue weighted by Gasteiger charge is -2.30. The molecular weight excluding hydrogens is 344 g/mol. The van der Waals surface area contributed by atoms with Crippen molar-refractivity contribution in [2.75, 3.05) is 47.5 Å². The number of morpholine rings is 1. The molecule has 1 aliphatic rings. The molecular formula is C21H26N2O4. The third kappa shape index (κ3) is 4.78. The number of hydrogen-bond donors (Lipinski definition) is 1. The molecule has 3 rings (SSSR count). The molecule has 144 valence electrons. The van der Waals surface area contributed by atoms with Gasteiger partial charge in [0, 0.05) is 36.8 Å². The molecule has 0 aromatic heterocycles. The molecule has 1 heterocycles. The normalized spacial score (nSPS) is 17.4. The molecule has 6 nitrogen and oxygen atoms in total.